The third kappa shape index (κ3) is 5.26. The van der Waals surface area contributed by atoms with Crippen LogP contribution in [0.5, 0.6) is 5.75 Å². The number of benzene rings is 1. The zero-order chi connectivity index (χ0) is 17.5. The normalized spacial score (nSPS) is 13.3. The summed E-state index contributed by atoms with van der Waals surface area (Å²) in [7, 11) is 0. The van der Waals surface area contributed by atoms with E-state index in [0.717, 1.165) is 6.42 Å². The zero-order valence-electron chi connectivity index (χ0n) is 14.6. The van der Waals surface area contributed by atoms with Gasteiger partial charge in [-0.2, -0.15) is 5.26 Å². The molecule has 0 unspecified atom stereocenters. The van der Waals surface area contributed by atoms with E-state index in [1.807, 2.05) is 27.7 Å². The van der Waals surface area contributed by atoms with Crippen LogP contribution in [0.1, 0.15) is 53.0 Å². The molecular formula is C18H26N2O3. The van der Waals surface area contributed by atoms with Gasteiger partial charge >= 0.3 is 0 Å². The highest BCUT2D eigenvalue weighted by Crippen LogP contribution is 2.25. The molecular weight excluding hydrogens is 292 g/mol. The summed E-state index contributed by atoms with van der Waals surface area (Å²) in [5, 5.41) is 12.1. The lowest BCUT2D eigenvalue weighted by atomic mass is 9.98. The van der Waals surface area contributed by atoms with Crippen LogP contribution in [-0.4, -0.2) is 24.2 Å². The number of anilines is 1. The van der Waals surface area contributed by atoms with Crippen LogP contribution in [0.25, 0.3) is 0 Å². The number of rotatable bonds is 8. The molecule has 0 radical (unpaired) electrons. The predicted molar refractivity (Wildman–Crippen MR) is 90.5 cm³/mol. The van der Waals surface area contributed by atoms with Crippen LogP contribution in [-0.2, 0) is 9.53 Å². The number of ether oxygens (including phenoxy) is 2. The van der Waals surface area contributed by atoms with Crippen LogP contribution < -0.4 is 10.1 Å². The average Bonchev–Trinajstić information content (AvgIpc) is 2.48. The molecule has 23 heavy (non-hydrogen) atoms. The highest BCUT2D eigenvalue weighted by molar-refractivity contribution is 5.98. The van der Waals surface area contributed by atoms with Crippen molar-refractivity contribution in [2.24, 2.45) is 0 Å². The van der Waals surface area contributed by atoms with Gasteiger partial charge in [-0.25, -0.2) is 0 Å². The molecule has 126 valence electrons. The van der Waals surface area contributed by atoms with E-state index < -0.39 is 5.60 Å². The standard InChI is InChI=1S/C18H26N2O3/c1-6-10-18(5,22-7-2)17(21)20-16-9-8-15(23-13(3)4)11-14(16)12-19/h8-9,11,13H,6-7,10H2,1-5H3,(H,20,21)/t18-/m0/s1. The van der Waals surface area contributed by atoms with Crippen molar-refractivity contribution in [3.05, 3.63) is 23.8 Å². The molecule has 0 saturated heterocycles. The fraction of sp³-hybridized carbons (Fsp3) is 0.556. The Hall–Kier alpha value is -2.06. The Morgan fingerprint density at radius 1 is 1.39 bits per heavy atom. The van der Waals surface area contributed by atoms with Crippen LogP contribution in [0.2, 0.25) is 0 Å². The summed E-state index contributed by atoms with van der Waals surface area (Å²) in [6, 6.07) is 7.16. The van der Waals surface area contributed by atoms with Crippen LogP contribution in [0, 0.1) is 11.3 Å². The van der Waals surface area contributed by atoms with E-state index >= 15 is 0 Å². The molecule has 0 aliphatic heterocycles. The number of hydrogen-bond donors (Lipinski definition) is 1. The number of amides is 1. The molecule has 0 fully saturated rings. The lowest BCUT2D eigenvalue weighted by Crippen LogP contribution is -2.42. The van der Waals surface area contributed by atoms with Gasteiger partial charge in [0.25, 0.3) is 5.91 Å². The van der Waals surface area contributed by atoms with Crippen molar-refractivity contribution in [2.75, 3.05) is 11.9 Å². The van der Waals surface area contributed by atoms with Crippen LogP contribution in [0.3, 0.4) is 0 Å². The Labute approximate surface area is 138 Å². The lowest BCUT2D eigenvalue weighted by molar-refractivity contribution is -0.139. The van der Waals surface area contributed by atoms with Crippen molar-refractivity contribution in [2.45, 2.75) is 59.2 Å². The Morgan fingerprint density at radius 3 is 2.61 bits per heavy atom. The molecule has 0 aromatic heterocycles. The van der Waals surface area contributed by atoms with Gasteiger partial charge < -0.3 is 14.8 Å². The van der Waals surface area contributed by atoms with E-state index in [9.17, 15) is 10.1 Å². The molecule has 1 rings (SSSR count). The molecule has 1 N–H and O–H groups in total. The summed E-state index contributed by atoms with van der Waals surface area (Å²) in [5.41, 5.74) is -0.0638. The number of nitriles is 1. The summed E-state index contributed by atoms with van der Waals surface area (Å²) in [4.78, 5) is 12.6. The lowest BCUT2D eigenvalue weighted by Gasteiger charge is -2.28. The van der Waals surface area contributed by atoms with E-state index in [0.29, 0.717) is 30.0 Å². The minimum atomic E-state index is -0.899. The Bertz CT molecular complexity index is 570. The number of carbonyl (C=O) groups excluding carboxylic acids is 1. The van der Waals surface area contributed by atoms with Crippen molar-refractivity contribution in [3.8, 4) is 11.8 Å². The van der Waals surface area contributed by atoms with Crippen LogP contribution in [0.4, 0.5) is 5.69 Å². The van der Waals surface area contributed by atoms with Gasteiger partial charge in [0, 0.05) is 12.7 Å². The SMILES string of the molecule is CCC[C@](C)(OCC)C(=O)Nc1ccc(OC(C)C)cc1C#N. The molecule has 0 aliphatic carbocycles. The van der Waals surface area contributed by atoms with Crippen molar-refractivity contribution in [3.63, 3.8) is 0 Å². The molecule has 0 spiro atoms. The second kappa shape index (κ2) is 8.54. The molecule has 0 bridgehead atoms. The van der Waals surface area contributed by atoms with Gasteiger partial charge in [-0.15, -0.1) is 0 Å². The van der Waals surface area contributed by atoms with Gasteiger partial charge in [0.15, 0.2) is 0 Å². The highest BCUT2D eigenvalue weighted by Gasteiger charge is 2.33. The Balaban J connectivity index is 2.99. The van der Waals surface area contributed by atoms with Gasteiger partial charge in [0.05, 0.1) is 17.4 Å². The van der Waals surface area contributed by atoms with E-state index in [1.54, 1.807) is 25.1 Å². The third-order valence-electron chi connectivity index (χ3n) is 3.40. The first-order valence-electron chi connectivity index (χ1n) is 8.02. The summed E-state index contributed by atoms with van der Waals surface area (Å²) in [5.74, 6) is 0.367. The molecule has 1 atom stereocenters. The smallest absolute Gasteiger partial charge is 0.256 e. The summed E-state index contributed by atoms with van der Waals surface area (Å²) in [6.07, 6.45) is 1.46. The molecule has 0 saturated carbocycles. The minimum absolute atomic E-state index is 0.0211. The first-order valence-corrected chi connectivity index (χ1v) is 8.02. The quantitative estimate of drug-likeness (QED) is 0.789. The maximum atomic E-state index is 12.6. The van der Waals surface area contributed by atoms with Gasteiger partial charge in [0.1, 0.15) is 17.4 Å². The third-order valence-corrected chi connectivity index (χ3v) is 3.40. The van der Waals surface area contributed by atoms with Gasteiger partial charge in [-0.05, 0) is 46.2 Å². The summed E-state index contributed by atoms with van der Waals surface area (Å²) < 4.78 is 11.2. The van der Waals surface area contributed by atoms with E-state index in [4.69, 9.17) is 9.47 Å². The fourth-order valence-electron chi connectivity index (χ4n) is 2.37. The van der Waals surface area contributed by atoms with E-state index in [-0.39, 0.29) is 12.0 Å². The molecule has 0 aliphatic rings. The first kappa shape index (κ1) is 19.0. The van der Waals surface area contributed by atoms with Gasteiger partial charge in [-0.3, -0.25) is 4.79 Å². The topological polar surface area (TPSA) is 71.3 Å². The monoisotopic (exact) mass is 318 g/mol. The van der Waals surface area contributed by atoms with Crippen LogP contribution in [0.15, 0.2) is 18.2 Å². The van der Waals surface area contributed by atoms with E-state index in [2.05, 4.69) is 11.4 Å². The van der Waals surface area contributed by atoms with Gasteiger partial charge in [0.2, 0.25) is 0 Å². The highest BCUT2D eigenvalue weighted by atomic mass is 16.5. The number of nitrogens with zero attached hydrogens (tertiary/aromatic N) is 1. The number of nitrogens with one attached hydrogen (secondary N) is 1. The molecule has 0 heterocycles. The minimum Gasteiger partial charge on any atom is -0.491 e. The van der Waals surface area contributed by atoms with Crippen molar-refractivity contribution in [1.29, 1.82) is 5.26 Å². The zero-order valence-corrected chi connectivity index (χ0v) is 14.6. The average molecular weight is 318 g/mol. The second-order valence-corrected chi connectivity index (χ2v) is 5.85. The Kier molecular flexibility index (Phi) is 7.05. The molecule has 1 aromatic rings. The van der Waals surface area contributed by atoms with Crippen molar-refractivity contribution in [1.82, 2.24) is 0 Å². The number of carbonyl (C=O) groups is 1. The maximum Gasteiger partial charge on any atom is 0.256 e. The summed E-state index contributed by atoms with van der Waals surface area (Å²) >= 11 is 0. The summed E-state index contributed by atoms with van der Waals surface area (Å²) in [6.45, 7) is 9.93. The van der Waals surface area contributed by atoms with Gasteiger partial charge in [-0.1, -0.05) is 13.3 Å². The molecule has 5 nitrogen and oxygen atoms in total. The molecule has 1 amide bonds. The largest absolute Gasteiger partial charge is 0.491 e. The van der Waals surface area contributed by atoms with E-state index in [1.165, 1.54) is 0 Å². The Morgan fingerprint density at radius 2 is 2.09 bits per heavy atom. The molecule has 5 heteroatoms. The first-order chi connectivity index (χ1) is 10.9. The maximum absolute atomic E-state index is 12.6. The van der Waals surface area contributed by atoms with Crippen molar-refractivity contribution < 1.29 is 14.3 Å². The fourth-order valence-corrected chi connectivity index (χ4v) is 2.37. The van der Waals surface area contributed by atoms with Crippen molar-refractivity contribution >= 4 is 11.6 Å². The van der Waals surface area contributed by atoms with Crippen LogP contribution >= 0.6 is 0 Å². The number of hydrogen-bond acceptors (Lipinski definition) is 4. The predicted octanol–water partition coefficient (Wildman–Crippen LogP) is 3.88. The molecule has 1 aromatic carbocycles. The second-order valence-electron chi connectivity index (χ2n) is 5.85.